The second kappa shape index (κ2) is 4.39. The highest BCUT2D eigenvalue weighted by Crippen LogP contribution is 2.31. The normalized spacial score (nSPS) is 18.6. The average molecular weight is 249 g/mol. The van der Waals surface area contributed by atoms with E-state index in [1.54, 1.807) is 7.05 Å². The van der Waals surface area contributed by atoms with Gasteiger partial charge in [-0.05, 0) is 24.1 Å². The van der Waals surface area contributed by atoms with Crippen molar-refractivity contribution in [3.8, 4) is 0 Å². The number of amides is 1. The van der Waals surface area contributed by atoms with E-state index in [2.05, 4.69) is 0 Å². The Bertz CT molecular complexity index is 494. The van der Waals surface area contributed by atoms with Gasteiger partial charge in [0.25, 0.3) is 5.91 Å². The zero-order valence-electron chi connectivity index (χ0n) is 9.06. The number of thioether (sulfide) groups is 1. The molecule has 1 aromatic carbocycles. The SMILES string of the molecule is Cc1ccccc1/C=C1/SC(=S)N(C)C1=O. The third-order valence-corrected chi connectivity index (χ3v) is 3.95. The highest BCUT2D eigenvalue weighted by molar-refractivity contribution is 8.26. The maximum absolute atomic E-state index is 11.8. The molecule has 2 rings (SSSR count). The molecule has 1 saturated heterocycles. The van der Waals surface area contributed by atoms with Gasteiger partial charge in [0, 0.05) is 7.05 Å². The molecule has 1 heterocycles. The molecule has 0 aliphatic carbocycles. The summed E-state index contributed by atoms with van der Waals surface area (Å²) in [7, 11) is 1.70. The average Bonchev–Trinajstić information content (AvgIpc) is 2.50. The fraction of sp³-hybridized carbons (Fsp3) is 0.167. The minimum Gasteiger partial charge on any atom is -0.296 e. The first-order chi connectivity index (χ1) is 7.59. The van der Waals surface area contributed by atoms with E-state index in [9.17, 15) is 4.79 Å². The van der Waals surface area contributed by atoms with E-state index in [4.69, 9.17) is 12.2 Å². The highest BCUT2D eigenvalue weighted by atomic mass is 32.2. The lowest BCUT2D eigenvalue weighted by molar-refractivity contribution is -0.121. The Hall–Kier alpha value is -1.13. The van der Waals surface area contributed by atoms with Crippen molar-refractivity contribution in [1.29, 1.82) is 0 Å². The topological polar surface area (TPSA) is 20.3 Å². The molecule has 0 radical (unpaired) electrons. The summed E-state index contributed by atoms with van der Waals surface area (Å²) in [5.41, 5.74) is 2.22. The van der Waals surface area contributed by atoms with E-state index in [1.807, 2.05) is 37.3 Å². The summed E-state index contributed by atoms with van der Waals surface area (Å²) in [5, 5.41) is 0. The summed E-state index contributed by atoms with van der Waals surface area (Å²) in [5.74, 6) is -0.0155. The van der Waals surface area contributed by atoms with Gasteiger partial charge >= 0.3 is 0 Å². The number of thiocarbonyl (C=S) groups is 1. The Morgan fingerprint density at radius 2 is 2.06 bits per heavy atom. The molecule has 1 aliphatic rings. The van der Waals surface area contributed by atoms with E-state index >= 15 is 0 Å². The van der Waals surface area contributed by atoms with Gasteiger partial charge in [0.1, 0.15) is 4.32 Å². The van der Waals surface area contributed by atoms with Crippen LogP contribution in [0.5, 0.6) is 0 Å². The predicted octanol–water partition coefficient (Wildman–Crippen LogP) is 2.83. The molecule has 82 valence electrons. The van der Waals surface area contributed by atoms with Crippen molar-refractivity contribution < 1.29 is 4.79 Å². The number of hydrogen-bond acceptors (Lipinski definition) is 3. The monoisotopic (exact) mass is 249 g/mol. The van der Waals surface area contributed by atoms with Crippen molar-refractivity contribution in [2.24, 2.45) is 0 Å². The van der Waals surface area contributed by atoms with Crippen LogP contribution in [0.25, 0.3) is 6.08 Å². The van der Waals surface area contributed by atoms with Gasteiger partial charge < -0.3 is 0 Å². The fourth-order valence-electron chi connectivity index (χ4n) is 1.44. The number of rotatable bonds is 1. The Morgan fingerprint density at radius 1 is 1.38 bits per heavy atom. The zero-order chi connectivity index (χ0) is 11.7. The molecule has 1 amide bonds. The lowest BCUT2D eigenvalue weighted by Crippen LogP contribution is -2.22. The summed E-state index contributed by atoms with van der Waals surface area (Å²) in [4.78, 5) is 14.0. The largest absolute Gasteiger partial charge is 0.296 e. The molecule has 16 heavy (non-hydrogen) atoms. The quantitative estimate of drug-likeness (QED) is 0.564. The van der Waals surface area contributed by atoms with Crippen molar-refractivity contribution in [2.45, 2.75) is 6.92 Å². The van der Waals surface area contributed by atoms with E-state index in [0.717, 1.165) is 11.1 Å². The van der Waals surface area contributed by atoms with Gasteiger partial charge in [-0.3, -0.25) is 9.69 Å². The highest BCUT2D eigenvalue weighted by Gasteiger charge is 2.28. The smallest absolute Gasteiger partial charge is 0.265 e. The summed E-state index contributed by atoms with van der Waals surface area (Å²) in [6.45, 7) is 2.03. The molecule has 1 aliphatic heterocycles. The third-order valence-electron chi connectivity index (χ3n) is 2.46. The molecule has 1 aromatic rings. The van der Waals surface area contributed by atoms with Crippen molar-refractivity contribution >= 4 is 40.3 Å². The van der Waals surface area contributed by atoms with E-state index in [1.165, 1.54) is 16.7 Å². The van der Waals surface area contributed by atoms with Crippen LogP contribution >= 0.6 is 24.0 Å². The molecule has 4 heteroatoms. The summed E-state index contributed by atoms with van der Waals surface area (Å²) in [6.07, 6.45) is 1.90. The van der Waals surface area contributed by atoms with Gasteiger partial charge in [0.2, 0.25) is 0 Å². The lowest BCUT2D eigenvalue weighted by atomic mass is 10.1. The summed E-state index contributed by atoms with van der Waals surface area (Å²) >= 11 is 6.43. The Balaban J connectivity index is 2.37. The van der Waals surface area contributed by atoms with Crippen LogP contribution < -0.4 is 0 Å². The van der Waals surface area contributed by atoms with Gasteiger partial charge in [0.05, 0.1) is 4.91 Å². The molecule has 0 aromatic heterocycles. The number of benzene rings is 1. The Kier molecular flexibility index (Phi) is 3.12. The van der Waals surface area contributed by atoms with Crippen LogP contribution in [0.15, 0.2) is 29.2 Å². The number of likely N-dealkylation sites (N-methyl/N-ethyl adjacent to an activating group) is 1. The first-order valence-corrected chi connectivity index (χ1v) is 6.09. The van der Waals surface area contributed by atoms with Crippen LogP contribution in [-0.4, -0.2) is 22.2 Å². The van der Waals surface area contributed by atoms with Crippen LogP contribution in [0.3, 0.4) is 0 Å². The molecule has 0 spiro atoms. The van der Waals surface area contributed by atoms with E-state index in [-0.39, 0.29) is 5.91 Å². The van der Waals surface area contributed by atoms with Crippen molar-refractivity contribution in [2.75, 3.05) is 7.05 Å². The van der Waals surface area contributed by atoms with E-state index in [0.29, 0.717) is 9.23 Å². The molecular formula is C12H11NOS2. The fourth-order valence-corrected chi connectivity index (χ4v) is 2.61. The minimum atomic E-state index is -0.0155. The third kappa shape index (κ3) is 2.03. The molecule has 0 N–H and O–H groups in total. The molecular weight excluding hydrogens is 238 g/mol. The maximum atomic E-state index is 11.8. The maximum Gasteiger partial charge on any atom is 0.265 e. The summed E-state index contributed by atoms with van der Waals surface area (Å²) < 4.78 is 0.616. The standard InChI is InChI=1S/C12H11NOS2/c1-8-5-3-4-6-9(8)7-10-11(14)13(2)12(15)16-10/h3-7H,1-2H3/b10-7+. The Labute approximate surface area is 104 Å². The van der Waals surface area contributed by atoms with Crippen LogP contribution in [0.2, 0.25) is 0 Å². The number of nitrogens with zero attached hydrogens (tertiary/aromatic N) is 1. The predicted molar refractivity (Wildman–Crippen MR) is 72.1 cm³/mol. The summed E-state index contributed by atoms with van der Waals surface area (Å²) in [6, 6.07) is 7.97. The second-order valence-corrected chi connectivity index (χ2v) is 5.27. The molecule has 2 nitrogen and oxygen atoms in total. The molecule has 1 fully saturated rings. The van der Waals surface area contributed by atoms with Crippen molar-refractivity contribution in [3.63, 3.8) is 0 Å². The number of aryl methyl sites for hydroxylation is 1. The van der Waals surface area contributed by atoms with Gasteiger partial charge in [-0.25, -0.2) is 0 Å². The van der Waals surface area contributed by atoms with Gasteiger partial charge in [-0.15, -0.1) is 0 Å². The Morgan fingerprint density at radius 3 is 2.62 bits per heavy atom. The molecule has 0 unspecified atom stereocenters. The molecule has 0 bridgehead atoms. The van der Waals surface area contributed by atoms with Crippen molar-refractivity contribution in [3.05, 3.63) is 40.3 Å². The lowest BCUT2D eigenvalue weighted by Gasteiger charge is -2.03. The van der Waals surface area contributed by atoms with E-state index < -0.39 is 0 Å². The van der Waals surface area contributed by atoms with Crippen LogP contribution in [0.1, 0.15) is 11.1 Å². The molecule has 0 saturated carbocycles. The number of carbonyl (C=O) groups is 1. The zero-order valence-corrected chi connectivity index (χ0v) is 10.7. The number of carbonyl (C=O) groups excluding carboxylic acids is 1. The minimum absolute atomic E-state index is 0.0155. The van der Waals surface area contributed by atoms with Crippen LogP contribution in [0.4, 0.5) is 0 Å². The van der Waals surface area contributed by atoms with Gasteiger partial charge in [0.15, 0.2) is 0 Å². The van der Waals surface area contributed by atoms with Crippen LogP contribution in [0, 0.1) is 6.92 Å². The van der Waals surface area contributed by atoms with Crippen LogP contribution in [-0.2, 0) is 4.79 Å². The van der Waals surface area contributed by atoms with Gasteiger partial charge in [-0.1, -0.05) is 48.2 Å². The molecule has 0 atom stereocenters. The van der Waals surface area contributed by atoms with Gasteiger partial charge in [-0.2, -0.15) is 0 Å². The first-order valence-electron chi connectivity index (χ1n) is 4.87. The number of hydrogen-bond donors (Lipinski definition) is 0. The van der Waals surface area contributed by atoms with Crippen molar-refractivity contribution in [1.82, 2.24) is 4.90 Å². The second-order valence-electron chi connectivity index (χ2n) is 3.60. The first kappa shape index (κ1) is 11.4.